The first kappa shape index (κ1) is 14.4. The predicted octanol–water partition coefficient (Wildman–Crippen LogP) is 1.88. The van der Waals surface area contributed by atoms with Gasteiger partial charge in [0, 0.05) is 19.1 Å². The average molecular weight is 214 g/mol. The van der Waals surface area contributed by atoms with Crippen LogP contribution in [-0.2, 0) is 4.79 Å². The van der Waals surface area contributed by atoms with E-state index < -0.39 is 0 Å². The smallest absolute Gasteiger partial charge is 0.239 e. The van der Waals surface area contributed by atoms with Gasteiger partial charge in [-0.3, -0.25) is 4.79 Å². The second-order valence-corrected chi connectivity index (χ2v) is 4.43. The molecule has 0 aromatic heterocycles. The van der Waals surface area contributed by atoms with E-state index in [1.54, 1.807) is 0 Å². The predicted molar refractivity (Wildman–Crippen MR) is 64.8 cm³/mol. The summed E-state index contributed by atoms with van der Waals surface area (Å²) in [6.45, 7) is 14.0. The van der Waals surface area contributed by atoms with Crippen LogP contribution in [0.3, 0.4) is 0 Å². The first-order chi connectivity index (χ1) is 6.93. The molecular formula is C12H26N2O. The summed E-state index contributed by atoms with van der Waals surface area (Å²) in [6, 6.07) is 0.293. The number of nitrogens with one attached hydrogen (secondary N) is 1. The van der Waals surface area contributed by atoms with E-state index >= 15 is 0 Å². The Balaban J connectivity index is 4.20. The van der Waals surface area contributed by atoms with Gasteiger partial charge in [0.1, 0.15) is 0 Å². The number of rotatable bonds is 6. The van der Waals surface area contributed by atoms with E-state index in [1.807, 2.05) is 25.7 Å². The fourth-order valence-electron chi connectivity index (χ4n) is 1.47. The van der Waals surface area contributed by atoms with Crippen LogP contribution in [0.1, 0.15) is 41.5 Å². The molecule has 0 radical (unpaired) electrons. The molecule has 0 bridgehead atoms. The number of amides is 1. The second-order valence-electron chi connectivity index (χ2n) is 4.43. The Labute approximate surface area is 94.2 Å². The van der Waals surface area contributed by atoms with E-state index in [0.29, 0.717) is 12.0 Å². The summed E-state index contributed by atoms with van der Waals surface area (Å²) in [4.78, 5) is 13.8. The number of carbonyl (C=O) groups is 1. The molecule has 90 valence electrons. The zero-order valence-corrected chi connectivity index (χ0v) is 11.0. The van der Waals surface area contributed by atoms with E-state index in [9.17, 15) is 4.79 Å². The van der Waals surface area contributed by atoms with Crippen molar-refractivity contribution in [1.82, 2.24) is 10.2 Å². The fraction of sp³-hybridized carbons (Fsp3) is 0.917. The van der Waals surface area contributed by atoms with Crippen molar-refractivity contribution in [3.63, 3.8) is 0 Å². The summed E-state index contributed by atoms with van der Waals surface area (Å²) in [5.74, 6) is 0.754. The van der Waals surface area contributed by atoms with Crippen LogP contribution in [-0.4, -0.2) is 36.0 Å². The maximum absolute atomic E-state index is 11.9. The molecule has 0 aromatic carbocycles. The highest BCUT2D eigenvalue weighted by Crippen LogP contribution is 2.03. The van der Waals surface area contributed by atoms with Crippen molar-refractivity contribution in [2.24, 2.45) is 5.92 Å². The normalized spacial score (nSPS) is 15.1. The standard InChI is InChI=1S/C12H26N2O/c1-7-14(8-2)12(15)11(6)13-10(5)9(3)4/h9-11,13H,7-8H2,1-6H3. The Bertz CT molecular complexity index is 188. The molecule has 3 nitrogen and oxygen atoms in total. The van der Waals surface area contributed by atoms with Gasteiger partial charge in [-0.25, -0.2) is 0 Å². The number of likely N-dealkylation sites (N-methyl/N-ethyl adjacent to an activating group) is 1. The molecule has 0 aromatic rings. The molecule has 3 heteroatoms. The summed E-state index contributed by atoms with van der Waals surface area (Å²) >= 11 is 0. The van der Waals surface area contributed by atoms with Gasteiger partial charge in [0.15, 0.2) is 0 Å². The Kier molecular flexibility index (Phi) is 6.57. The van der Waals surface area contributed by atoms with Crippen LogP contribution in [0.25, 0.3) is 0 Å². The second kappa shape index (κ2) is 6.83. The highest BCUT2D eigenvalue weighted by Gasteiger charge is 2.20. The molecule has 0 aliphatic carbocycles. The lowest BCUT2D eigenvalue weighted by Gasteiger charge is -2.27. The summed E-state index contributed by atoms with van der Waals surface area (Å²) < 4.78 is 0. The molecular weight excluding hydrogens is 188 g/mol. The fourth-order valence-corrected chi connectivity index (χ4v) is 1.47. The first-order valence-corrected chi connectivity index (χ1v) is 5.98. The average Bonchev–Trinajstić information content (AvgIpc) is 2.19. The van der Waals surface area contributed by atoms with Crippen molar-refractivity contribution in [3.05, 3.63) is 0 Å². The third-order valence-corrected chi connectivity index (χ3v) is 2.96. The molecule has 0 saturated carbocycles. The Morgan fingerprint density at radius 2 is 1.60 bits per heavy atom. The van der Waals surface area contributed by atoms with E-state index in [0.717, 1.165) is 13.1 Å². The van der Waals surface area contributed by atoms with Crippen LogP contribution in [0.5, 0.6) is 0 Å². The minimum atomic E-state index is -0.0812. The highest BCUT2D eigenvalue weighted by atomic mass is 16.2. The van der Waals surface area contributed by atoms with Gasteiger partial charge in [-0.1, -0.05) is 13.8 Å². The van der Waals surface area contributed by atoms with Gasteiger partial charge in [0.25, 0.3) is 0 Å². The SMILES string of the molecule is CCN(CC)C(=O)C(C)NC(C)C(C)C. The summed E-state index contributed by atoms with van der Waals surface area (Å²) in [6.07, 6.45) is 0. The lowest BCUT2D eigenvalue weighted by molar-refractivity contribution is -0.132. The quantitative estimate of drug-likeness (QED) is 0.732. The molecule has 0 saturated heterocycles. The van der Waals surface area contributed by atoms with Crippen molar-refractivity contribution in [3.8, 4) is 0 Å². The topological polar surface area (TPSA) is 32.3 Å². The van der Waals surface area contributed by atoms with E-state index in [4.69, 9.17) is 0 Å². The number of nitrogens with zero attached hydrogens (tertiary/aromatic N) is 1. The molecule has 0 fully saturated rings. The lowest BCUT2D eigenvalue weighted by Crippen LogP contribution is -2.48. The molecule has 2 unspecified atom stereocenters. The summed E-state index contributed by atoms with van der Waals surface area (Å²) in [5.41, 5.74) is 0. The van der Waals surface area contributed by atoms with Crippen LogP contribution < -0.4 is 5.32 Å². The van der Waals surface area contributed by atoms with Crippen molar-refractivity contribution >= 4 is 5.91 Å². The third kappa shape index (κ3) is 4.65. The number of hydrogen-bond donors (Lipinski definition) is 1. The molecule has 1 amide bonds. The molecule has 1 N–H and O–H groups in total. The Hall–Kier alpha value is -0.570. The first-order valence-electron chi connectivity index (χ1n) is 5.98. The maximum atomic E-state index is 11.9. The van der Waals surface area contributed by atoms with Crippen LogP contribution in [0.15, 0.2) is 0 Å². The monoisotopic (exact) mass is 214 g/mol. The van der Waals surface area contributed by atoms with Crippen molar-refractivity contribution < 1.29 is 4.79 Å². The number of hydrogen-bond acceptors (Lipinski definition) is 2. The van der Waals surface area contributed by atoms with E-state index in [2.05, 4.69) is 26.1 Å². The zero-order chi connectivity index (χ0) is 12.0. The van der Waals surface area contributed by atoms with Gasteiger partial charge >= 0.3 is 0 Å². The van der Waals surface area contributed by atoms with E-state index in [-0.39, 0.29) is 11.9 Å². The lowest BCUT2D eigenvalue weighted by atomic mass is 10.1. The summed E-state index contributed by atoms with van der Waals surface area (Å²) in [7, 11) is 0. The zero-order valence-electron chi connectivity index (χ0n) is 11.0. The highest BCUT2D eigenvalue weighted by molar-refractivity contribution is 5.81. The van der Waals surface area contributed by atoms with Crippen molar-refractivity contribution in [1.29, 1.82) is 0 Å². The van der Waals surface area contributed by atoms with Crippen LogP contribution in [0.2, 0.25) is 0 Å². The summed E-state index contributed by atoms with van der Waals surface area (Å²) in [5, 5.41) is 3.34. The molecule has 0 rings (SSSR count). The van der Waals surface area contributed by atoms with Gasteiger partial charge in [-0.15, -0.1) is 0 Å². The van der Waals surface area contributed by atoms with Gasteiger partial charge in [0.05, 0.1) is 6.04 Å². The minimum absolute atomic E-state index is 0.0812. The van der Waals surface area contributed by atoms with Crippen LogP contribution in [0.4, 0.5) is 0 Å². The largest absolute Gasteiger partial charge is 0.342 e. The minimum Gasteiger partial charge on any atom is -0.342 e. The number of carbonyl (C=O) groups excluding carboxylic acids is 1. The molecule has 0 heterocycles. The van der Waals surface area contributed by atoms with Gasteiger partial charge < -0.3 is 10.2 Å². The maximum Gasteiger partial charge on any atom is 0.239 e. The van der Waals surface area contributed by atoms with Crippen molar-refractivity contribution in [2.45, 2.75) is 53.6 Å². The van der Waals surface area contributed by atoms with E-state index in [1.165, 1.54) is 0 Å². The van der Waals surface area contributed by atoms with Crippen LogP contribution in [0, 0.1) is 5.92 Å². The van der Waals surface area contributed by atoms with Gasteiger partial charge in [-0.05, 0) is 33.6 Å². The van der Waals surface area contributed by atoms with Crippen molar-refractivity contribution in [2.75, 3.05) is 13.1 Å². The molecule has 15 heavy (non-hydrogen) atoms. The van der Waals surface area contributed by atoms with Gasteiger partial charge in [0.2, 0.25) is 5.91 Å². The molecule has 0 aliphatic heterocycles. The van der Waals surface area contributed by atoms with Crippen LogP contribution >= 0.6 is 0 Å². The van der Waals surface area contributed by atoms with Gasteiger partial charge in [-0.2, -0.15) is 0 Å². The molecule has 0 aliphatic rings. The third-order valence-electron chi connectivity index (χ3n) is 2.96. The Morgan fingerprint density at radius 1 is 1.13 bits per heavy atom. The molecule has 2 atom stereocenters. The Morgan fingerprint density at radius 3 is 1.93 bits per heavy atom. The molecule has 0 spiro atoms.